The molecule has 4 heteroatoms. The molecule has 0 bridgehead atoms. The third-order valence-corrected chi connectivity index (χ3v) is 2.34. The van der Waals surface area contributed by atoms with E-state index in [0.717, 1.165) is 18.7 Å². The van der Waals surface area contributed by atoms with Gasteiger partial charge in [0.15, 0.2) is 0 Å². The lowest BCUT2D eigenvalue weighted by Gasteiger charge is -2.05. The number of aryl methyl sites for hydroxylation is 1. The molecule has 2 rings (SSSR count). The van der Waals surface area contributed by atoms with Crippen LogP contribution >= 0.6 is 0 Å². The molecule has 1 aliphatic heterocycles. The van der Waals surface area contributed by atoms with Crippen molar-refractivity contribution in [2.75, 3.05) is 6.54 Å². The van der Waals surface area contributed by atoms with E-state index in [0.29, 0.717) is 6.04 Å². The predicted octanol–water partition coefficient (Wildman–Crippen LogP) is 0.138. The molecule has 2 N–H and O–H groups in total. The SMILES string of the molecule is Cn1[nH]c(C2CCCN2)cc1=O. The van der Waals surface area contributed by atoms with Gasteiger partial charge in [0.2, 0.25) is 0 Å². The summed E-state index contributed by atoms with van der Waals surface area (Å²) < 4.78 is 1.51. The molecular weight excluding hydrogens is 154 g/mol. The number of H-pyrrole nitrogens is 1. The molecule has 1 aromatic heterocycles. The molecule has 4 nitrogen and oxygen atoms in total. The zero-order valence-electron chi connectivity index (χ0n) is 7.13. The highest BCUT2D eigenvalue weighted by molar-refractivity contribution is 5.07. The van der Waals surface area contributed by atoms with Crippen LogP contribution in [0.15, 0.2) is 10.9 Å². The minimum absolute atomic E-state index is 0.0405. The number of hydrogen-bond donors (Lipinski definition) is 2. The highest BCUT2D eigenvalue weighted by atomic mass is 16.1. The molecule has 12 heavy (non-hydrogen) atoms. The van der Waals surface area contributed by atoms with E-state index in [1.165, 1.54) is 11.1 Å². The molecule has 66 valence electrons. The van der Waals surface area contributed by atoms with Crippen molar-refractivity contribution in [1.29, 1.82) is 0 Å². The third-order valence-electron chi connectivity index (χ3n) is 2.34. The third kappa shape index (κ3) is 1.18. The van der Waals surface area contributed by atoms with Crippen LogP contribution in [0.3, 0.4) is 0 Å². The quantitative estimate of drug-likeness (QED) is 0.625. The Kier molecular flexibility index (Phi) is 1.77. The smallest absolute Gasteiger partial charge is 0.266 e. The maximum absolute atomic E-state index is 11.1. The maximum Gasteiger partial charge on any atom is 0.266 e. The summed E-state index contributed by atoms with van der Waals surface area (Å²) in [4.78, 5) is 11.1. The molecule has 0 radical (unpaired) electrons. The number of aromatic amines is 1. The standard InChI is InChI=1S/C8H13N3O/c1-11-8(12)5-7(10-11)6-3-2-4-9-6/h5-6,9-10H,2-4H2,1H3. The van der Waals surface area contributed by atoms with E-state index >= 15 is 0 Å². The van der Waals surface area contributed by atoms with Crippen molar-refractivity contribution in [1.82, 2.24) is 15.1 Å². The maximum atomic E-state index is 11.1. The summed E-state index contributed by atoms with van der Waals surface area (Å²) in [6.07, 6.45) is 2.32. The van der Waals surface area contributed by atoms with E-state index in [-0.39, 0.29) is 5.56 Å². The van der Waals surface area contributed by atoms with E-state index < -0.39 is 0 Å². The second kappa shape index (κ2) is 2.79. The van der Waals surface area contributed by atoms with Crippen molar-refractivity contribution in [2.45, 2.75) is 18.9 Å². The Labute approximate surface area is 70.6 Å². The molecule has 0 saturated carbocycles. The van der Waals surface area contributed by atoms with E-state index in [1.807, 2.05) is 0 Å². The largest absolute Gasteiger partial charge is 0.309 e. The Bertz CT molecular complexity index is 319. The van der Waals surface area contributed by atoms with Crippen molar-refractivity contribution in [2.24, 2.45) is 7.05 Å². The number of rotatable bonds is 1. The van der Waals surface area contributed by atoms with Crippen LogP contribution in [0.2, 0.25) is 0 Å². The van der Waals surface area contributed by atoms with Crippen LogP contribution in [-0.2, 0) is 7.05 Å². The van der Waals surface area contributed by atoms with Gasteiger partial charge < -0.3 is 5.32 Å². The fourth-order valence-electron chi connectivity index (χ4n) is 1.64. The summed E-state index contributed by atoms with van der Waals surface area (Å²) in [5.41, 5.74) is 1.05. The molecule has 0 spiro atoms. The molecule has 1 aliphatic rings. The highest BCUT2D eigenvalue weighted by Crippen LogP contribution is 2.19. The number of hydrogen-bond acceptors (Lipinski definition) is 2. The van der Waals surface area contributed by atoms with Gasteiger partial charge in [-0.15, -0.1) is 0 Å². The number of nitrogens with one attached hydrogen (secondary N) is 2. The average molecular weight is 167 g/mol. The summed E-state index contributed by atoms with van der Waals surface area (Å²) in [5, 5.41) is 6.36. The van der Waals surface area contributed by atoms with E-state index in [9.17, 15) is 4.79 Å². The second-order valence-electron chi connectivity index (χ2n) is 3.26. The monoisotopic (exact) mass is 167 g/mol. The Morgan fingerprint density at radius 3 is 3.00 bits per heavy atom. The predicted molar refractivity (Wildman–Crippen MR) is 46.0 cm³/mol. The van der Waals surface area contributed by atoms with Gasteiger partial charge in [0.1, 0.15) is 0 Å². The van der Waals surface area contributed by atoms with Crippen LogP contribution in [0.4, 0.5) is 0 Å². The van der Waals surface area contributed by atoms with Crippen LogP contribution < -0.4 is 10.9 Å². The molecule has 2 heterocycles. The summed E-state index contributed by atoms with van der Waals surface area (Å²) in [6, 6.07) is 2.03. The average Bonchev–Trinajstić information content (AvgIpc) is 2.61. The van der Waals surface area contributed by atoms with Crippen LogP contribution in [0.1, 0.15) is 24.6 Å². The van der Waals surface area contributed by atoms with Crippen molar-refractivity contribution in [3.63, 3.8) is 0 Å². The normalized spacial score (nSPS) is 23.2. The number of nitrogens with zero attached hydrogens (tertiary/aromatic N) is 1. The van der Waals surface area contributed by atoms with Crippen molar-refractivity contribution >= 4 is 0 Å². The first-order chi connectivity index (χ1) is 5.77. The van der Waals surface area contributed by atoms with Crippen molar-refractivity contribution in [3.8, 4) is 0 Å². The van der Waals surface area contributed by atoms with Crippen LogP contribution in [-0.4, -0.2) is 16.3 Å². The van der Waals surface area contributed by atoms with Gasteiger partial charge in [0.25, 0.3) is 5.56 Å². The Hall–Kier alpha value is -1.03. The van der Waals surface area contributed by atoms with Gasteiger partial charge in [-0.05, 0) is 19.4 Å². The van der Waals surface area contributed by atoms with Crippen molar-refractivity contribution < 1.29 is 0 Å². The Morgan fingerprint density at radius 1 is 1.67 bits per heavy atom. The molecule has 0 aromatic carbocycles. The van der Waals surface area contributed by atoms with Gasteiger partial charge >= 0.3 is 0 Å². The van der Waals surface area contributed by atoms with Gasteiger partial charge in [-0.1, -0.05) is 0 Å². The topological polar surface area (TPSA) is 49.8 Å². The molecule has 1 atom stereocenters. The first kappa shape index (κ1) is 7.61. The zero-order chi connectivity index (χ0) is 8.55. The van der Waals surface area contributed by atoms with Crippen LogP contribution in [0.5, 0.6) is 0 Å². The van der Waals surface area contributed by atoms with E-state index in [1.54, 1.807) is 13.1 Å². The lowest BCUT2D eigenvalue weighted by atomic mass is 10.2. The summed E-state index contributed by atoms with van der Waals surface area (Å²) in [6.45, 7) is 1.06. The molecule has 0 amide bonds. The second-order valence-corrected chi connectivity index (χ2v) is 3.26. The van der Waals surface area contributed by atoms with Gasteiger partial charge in [0.05, 0.1) is 5.69 Å². The number of aromatic nitrogens is 2. The fourth-order valence-corrected chi connectivity index (χ4v) is 1.64. The summed E-state index contributed by atoms with van der Waals surface area (Å²) in [7, 11) is 1.74. The molecule has 1 unspecified atom stereocenters. The van der Waals surface area contributed by atoms with E-state index in [2.05, 4.69) is 10.4 Å². The molecular formula is C8H13N3O. The first-order valence-electron chi connectivity index (χ1n) is 4.27. The van der Waals surface area contributed by atoms with Crippen LogP contribution in [0.25, 0.3) is 0 Å². The first-order valence-corrected chi connectivity index (χ1v) is 4.27. The molecule has 1 aromatic rings. The minimum Gasteiger partial charge on any atom is -0.309 e. The highest BCUT2D eigenvalue weighted by Gasteiger charge is 2.17. The van der Waals surface area contributed by atoms with Crippen molar-refractivity contribution in [3.05, 3.63) is 22.1 Å². The van der Waals surface area contributed by atoms with E-state index in [4.69, 9.17) is 0 Å². The van der Waals surface area contributed by atoms with Crippen LogP contribution in [0, 0.1) is 0 Å². The summed E-state index contributed by atoms with van der Waals surface area (Å²) in [5.74, 6) is 0. The Balaban J connectivity index is 2.27. The fraction of sp³-hybridized carbons (Fsp3) is 0.625. The molecule has 1 fully saturated rings. The lowest BCUT2D eigenvalue weighted by Crippen LogP contribution is -2.13. The Morgan fingerprint density at radius 2 is 2.50 bits per heavy atom. The van der Waals surface area contributed by atoms with Gasteiger partial charge in [-0.3, -0.25) is 14.6 Å². The summed E-state index contributed by atoms with van der Waals surface area (Å²) >= 11 is 0. The van der Waals surface area contributed by atoms with Gasteiger partial charge in [0, 0.05) is 19.2 Å². The molecule has 1 saturated heterocycles. The zero-order valence-corrected chi connectivity index (χ0v) is 7.13. The van der Waals surface area contributed by atoms with Gasteiger partial charge in [-0.25, -0.2) is 0 Å². The van der Waals surface area contributed by atoms with Gasteiger partial charge in [-0.2, -0.15) is 0 Å². The lowest BCUT2D eigenvalue weighted by molar-refractivity contribution is 0.604. The minimum atomic E-state index is 0.0405. The molecule has 0 aliphatic carbocycles.